The van der Waals surface area contributed by atoms with Gasteiger partial charge in [-0.2, -0.15) is 0 Å². The normalized spacial score (nSPS) is 12.1. The Morgan fingerprint density at radius 2 is 1.00 bits per heavy atom. The molecule has 0 aliphatic rings. The Balaban J connectivity index is 2.12. The van der Waals surface area contributed by atoms with Gasteiger partial charge in [0.05, 0.1) is 5.69 Å². The minimum absolute atomic E-state index is 0.0266. The van der Waals surface area contributed by atoms with Crippen LogP contribution in [0, 0.1) is 11.6 Å². The third-order valence-electron chi connectivity index (χ3n) is 5.13. The number of nitrogens with zero attached hydrogens (tertiary/aromatic N) is 1. The number of rotatable bonds is 3. The van der Waals surface area contributed by atoms with E-state index in [1.54, 1.807) is 0 Å². The van der Waals surface area contributed by atoms with Crippen molar-refractivity contribution in [3.63, 3.8) is 0 Å². The summed E-state index contributed by atoms with van der Waals surface area (Å²) < 4.78 is 28.3. The van der Waals surface area contributed by atoms with Gasteiger partial charge in [0.25, 0.3) is 0 Å². The van der Waals surface area contributed by atoms with Crippen LogP contribution in [-0.4, -0.2) is 0 Å². The Bertz CT molecular complexity index is 918. The zero-order valence-corrected chi connectivity index (χ0v) is 18.1. The average Bonchev–Trinajstić information content (AvgIpc) is 2.63. The number of halogens is 2. The van der Waals surface area contributed by atoms with E-state index in [4.69, 9.17) is 0 Å². The largest absolute Gasteiger partial charge is 0.308 e. The number of hydrogen-bond acceptors (Lipinski definition) is 1. The first kappa shape index (κ1) is 21.0. The summed E-state index contributed by atoms with van der Waals surface area (Å²) in [5.41, 5.74) is 4.42. The standard InChI is InChI=1S/C26H29F2N/c1-25(2,3)18-7-12-21(13-8-18)29(24-16-11-20(27)17-23(24)28)22-14-9-19(10-15-22)26(4,5)6/h7-17H,1-6H3. The summed E-state index contributed by atoms with van der Waals surface area (Å²) in [4.78, 5) is 1.83. The van der Waals surface area contributed by atoms with E-state index < -0.39 is 11.6 Å². The third kappa shape index (κ3) is 4.67. The first-order valence-corrected chi connectivity index (χ1v) is 9.93. The lowest BCUT2D eigenvalue weighted by atomic mass is 9.86. The van der Waals surface area contributed by atoms with Gasteiger partial charge >= 0.3 is 0 Å². The van der Waals surface area contributed by atoms with E-state index in [-0.39, 0.29) is 10.8 Å². The van der Waals surface area contributed by atoms with Crippen LogP contribution in [-0.2, 0) is 10.8 Å². The Labute approximate surface area is 173 Å². The molecule has 0 radical (unpaired) electrons. The van der Waals surface area contributed by atoms with E-state index >= 15 is 0 Å². The van der Waals surface area contributed by atoms with Gasteiger partial charge in [0.2, 0.25) is 0 Å². The van der Waals surface area contributed by atoms with E-state index in [1.165, 1.54) is 23.3 Å². The molecule has 0 heterocycles. The minimum Gasteiger partial charge on any atom is -0.308 e. The lowest BCUT2D eigenvalue weighted by Crippen LogP contribution is -2.15. The summed E-state index contributed by atoms with van der Waals surface area (Å²) in [6, 6.07) is 19.9. The monoisotopic (exact) mass is 393 g/mol. The van der Waals surface area contributed by atoms with Gasteiger partial charge in [-0.05, 0) is 58.4 Å². The van der Waals surface area contributed by atoms with Gasteiger partial charge < -0.3 is 4.90 Å². The van der Waals surface area contributed by atoms with Crippen molar-refractivity contribution in [3.8, 4) is 0 Å². The summed E-state index contributed by atoms with van der Waals surface area (Å²) in [6.07, 6.45) is 0. The summed E-state index contributed by atoms with van der Waals surface area (Å²) in [5.74, 6) is -1.18. The maximum atomic E-state index is 14.7. The predicted molar refractivity (Wildman–Crippen MR) is 118 cm³/mol. The number of anilines is 3. The molecule has 0 N–H and O–H groups in total. The second-order valence-electron chi connectivity index (χ2n) is 9.52. The number of benzene rings is 3. The molecule has 0 spiro atoms. The quantitative estimate of drug-likeness (QED) is 0.435. The molecule has 0 aliphatic carbocycles. The molecule has 0 unspecified atom stereocenters. The lowest BCUT2D eigenvalue weighted by Gasteiger charge is -2.28. The van der Waals surface area contributed by atoms with Gasteiger partial charge in [-0.25, -0.2) is 8.78 Å². The van der Waals surface area contributed by atoms with Crippen molar-refractivity contribution in [1.82, 2.24) is 0 Å². The van der Waals surface area contributed by atoms with Gasteiger partial charge in [0.1, 0.15) is 11.6 Å². The van der Waals surface area contributed by atoms with Crippen molar-refractivity contribution in [1.29, 1.82) is 0 Å². The van der Waals surface area contributed by atoms with E-state index in [0.29, 0.717) is 5.69 Å². The molecule has 0 amide bonds. The summed E-state index contributed by atoms with van der Waals surface area (Å²) in [5, 5.41) is 0. The highest BCUT2D eigenvalue weighted by atomic mass is 19.1. The molecule has 3 rings (SSSR count). The fourth-order valence-corrected chi connectivity index (χ4v) is 3.31. The van der Waals surface area contributed by atoms with Crippen LogP contribution in [0.3, 0.4) is 0 Å². The fourth-order valence-electron chi connectivity index (χ4n) is 3.31. The van der Waals surface area contributed by atoms with Gasteiger partial charge in [0, 0.05) is 17.4 Å². The van der Waals surface area contributed by atoms with Crippen LogP contribution >= 0.6 is 0 Å². The number of hydrogen-bond donors (Lipinski definition) is 0. The molecule has 3 aromatic carbocycles. The van der Waals surface area contributed by atoms with Crippen LogP contribution in [0.1, 0.15) is 52.7 Å². The van der Waals surface area contributed by atoms with Crippen molar-refractivity contribution in [2.75, 3.05) is 4.90 Å². The molecule has 0 aromatic heterocycles. The van der Waals surface area contributed by atoms with Crippen molar-refractivity contribution >= 4 is 17.1 Å². The molecule has 0 aliphatic heterocycles. The van der Waals surface area contributed by atoms with Crippen LogP contribution in [0.2, 0.25) is 0 Å². The van der Waals surface area contributed by atoms with E-state index in [0.717, 1.165) is 17.4 Å². The van der Waals surface area contributed by atoms with Crippen LogP contribution < -0.4 is 4.90 Å². The zero-order chi connectivity index (χ0) is 21.4. The second kappa shape index (κ2) is 7.62. The Morgan fingerprint density at radius 3 is 1.34 bits per heavy atom. The lowest BCUT2D eigenvalue weighted by molar-refractivity contribution is 0.583. The maximum absolute atomic E-state index is 14.7. The molecule has 0 saturated carbocycles. The molecule has 152 valence electrons. The van der Waals surface area contributed by atoms with E-state index in [9.17, 15) is 8.78 Å². The summed E-state index contributed by atoms with van der Waals surface area (Å²) in [6.45, 7) is 12.9. The van der Waals surface area contributed by atoms with Gasteiger partial charge in [0.15, 0.2) is 0 Å². The van der Waals surface area contributed by atoms with Gasteiger partial charge in [-0.15, -0.1) is 0 Å². The Hall–Kier alpha value is -2.68. The van der Waals surface area contributed by atoms with Crippen LogP contribution in [0.25, 0.3) is 0 Å². The minimum atomic E-state index is -0.593. The Morgan fingerprint density at radius 1 is 0.586 bits per heavy atom. The van der Waals surface area contributed by atoms with Crippen molar-refractivity contribution in [2.24, 2.45) is 0 Å². The molecule has 0 atom stereocenters. The van der Waals surface area contributed by atoms with E-state index in [1.807, 2.05) is 29.2 Å². The molecule has 3 heteroatoms. The second-order valence-corrected chi connectivity index (χ2v) is 9.52. The highest BCUT2D eigenvalue weighted by Gasteiger charge is 2.20. The molecule has 1 nitrogen and oxygen atoms in total. The van der Waals surface area contributed by atoms with Crippen LogP contribution in [0.5, 0.6) is 0 Å². The van der Waals surface area contributed by atoms with Crippen molar-refractivity contribution in [3.05, 3.63) is 89.5 Å². The summed E-state index contributed by atoms with van der Waals surface area (Å²) in [7, 11) is 0. The molecule has 29 heavy (non-hydrogen) atoms. The van der Waals surface area contributed by atoms with Gasteiger partial charge in [-0.1, -0.05) is 65.8 Å². The maximum Gasteiger partial charge on any atom is 0.150 e. The molecular formula is C26H29F2N. The SMILES string of the molecule is CC(C)(C)c1ccc(N(c2ccc(C(C)(C)C)cc2)c2ccc(F)cc2F)cc1. The predicted octanol–water partition coefficient (Wildman–Crippen LogP) is 8.03. The topological polar surface area (TPSA) is 3.24 Å². The van der Waals surface area contributed by atoms with E-state index in [2.05, 4.69) is 65.8 Å². The van der Waals surface area contributed by atoms with Crippen LogP contribution in [0.15, 0.2) is 66.7 Å². The average molecular weight is 394 g/mol. The smallest absolute Gasteiger partial charge is 0.150 e. The molecule has 3 aromatic rings. The third-order valence-corrected chi connectivity index (χ3v) is 5.13. The Kier molecular flexibility index (Phi) is 5.53. The first-order valence-electron chi connectivity index (χ1n) is 9.93. The van der Waals surface area contributed by atoms with Crippen molar-refractivity contribution < 1.29 is 8.78 Å². The molecule has 0 fully saturated rings. The van der Waals surface area contributed by atoms with Gasteiger partial charge in [-0.3, -0.25) is 0 Å². The highest BCUT2D eigenvalue weighted by molar-refractivity contribution is 5.77. The van der Waals surface area contributed by atoms with Crippen molar-refractivity contribution in [2.45, 2.75) is 52.4 Å². The fraction of sp³-hybridized carbons (Fsp3) is 0.308. The summed E-state index contributed by atoms with van der Waals surface area (Å²) >= 11 is 0. The first-order chi connectivity index (χ1) is 13.5. The molecule has 0 bridgehead atoms. The molecular weight excluding hydrogens is 364 g/mol. The molecule has 0 saturated heterocycles. The highest BCUT2D eigenvalue weighted by Crippen LogP contribution is 2.38. The zero-order valence-electron chi connectivity index (χ0n) is 18.1. The van der Waals surface area contributed by atoms with Crippen LogP contribution in [0.4, 0.5) is 25.8 Å².